The minimum Gasteiger partial charge on any atom is -0.411 e. The number of hydrogen-bond donors (Lipinski definition) is 1. The van der Waals surface area contributed by atoms with Crippen molar-refractivity contribution >= 4 is 17.7 Å². The van der Waals surface area contributed by atoms with Crippen LogP contribution in [0.25, 0.3) is 11.5 Å². The van der Waals surface area contributed by atoms with Crippen LogP contribution in [0.3, 0.4) is 0 Å². The summed E-state index contributed by atoms with van der Waals surface area (Å²) in [6.45, 7) is 7.07. The van der Waals surface area contributed by atoms with Crippen LogP contribution in [0.15, 0.2) is 33.9 Å². The predicted molar refractivity (Wildman–Crippen MR) is 92.0 cm³/mol. The van der Waals surface area contributed by atoms with Crippen molar-refractivity contribution in [3.8, 4) is 17.5 Å². The van der Waals surface area contributed by atoms with E-state index in [0.29, 0.717) is 0 Å². The monoisotopic (exact) mass is 362 g/mol. The van der Waals surface area contributed by atoms with E-state index in [1.54, 1.807) is 26.0 Å². The van der Waals surface area contributed by atoms with E-state index >= 15 is 0 Å². The van der Waals surface area contributed by atoms with Gasteiger partial charge in [0.25, 0.3) is 11.1 Å². The molecule has 0 aliphatic carbocycles. The van der Waals surface area contributed by atoms with Gasteiger partial charge in [0.1, 0.15) is 11.4 Å². The zero-order valence-corrected chi connectivity index (χ0v) is 15.2. The molecule has 2 aromatic rings. The standard InChI is InChI=1S/C17H19FN4O2S/c1-10(2)17(4,9-19)20-14(23)11(3)25-16-22-21-15(24-16)12-7-5-6-8-13(12)18/h5-8,10-11H,1-4H3,(H,20,23)/t11-,17+/m1/s1. The number of nitriles is 1. The van der Waals surface area contributed by atoms with Crippen molar-refractivity contribution in [2.45, 2.75) is 43.7 Å². The van der Waals surface area contributed by atoms with Gasteiger partial charge in [0, 0.05) is 0 Å². The zero-order valence-electron chi connectivity index (χ0n) is 14.4. The zero-order chi connectivity index (χ0) is 18.6. The quantitative estimate of drug-likeness (QED) is 0.792. The van der Waals surface area contributed by atoms with Gasteiger partial charge in [0.2, 0.25) is 5.91 Å². The molecule has 1 heterocycles. The number of thioether (sulfide) groups is 1. The number of hydrogen-bond acceptors (Lipinski definition) is 6. The topological polar surface area (TPSA) is 91.8 Å². The number of rotatable bonds is 6. The molecule has 2 rings (SSSR count). The highest BCUT2D eigenvalue weighted by Gasteiger charge is 2.32. The molecule has 6 nitrogen and oxygen atoms in total. The molecular formula is C17H19FN4O2S. The summed E-state index contributed by atoms with van der Waals surface area (Å²) in [6, 6.07) is 8.20. The van der Waals surface area contributed by atoms with Crippen LogP contribution in [0.2, 0.25) is 0 Å². The molecule has 1 N–H and O–H groups in total. The average Bonchev–Trinajstić information content (AvgIpc) is 3.03. The van der Waals surface area contributed by atoms with Crippen LogP contribution in [0.1, 0.15) is 27.7 Å². The van der Waals surface area contributed by atoms with Gasteiger partial charge in [-0.2, -0.15) is 5.26 Å². The number of halogens is 1. The van der Waals surface area contributed by atoms with Crippen molar-refractivity contribution in [2.24, 2.45) is 5.92 Å². The van der Waals surface area contributed by atoms with E-state index in [1.807, 2.05) is 13.8 Å². The number of nitrogens with zero attached hydrogens (tertiary/aromatic N) is 3. The highest BCUT2D eigenvalue weighted by molar-refractivity contribution is 8.00. The van der Waals surface area contributed by atoms with Gasteiger partial charge < -0.3 is 9.73 Å². The lowest BCUT2D eigenvalue weighted by Crippen LogP contribution is -2.51. The molecule has 0 fully saturated rings. The van der Waals surface area contributed by atoms with Gasteiger partial charge >= 0.3 is 0 Å². The molecule has 1 aromatic heterocycles. The second kappa shape index (κ2) is 7.66. The van der Waals surface area contributed by atoms with E-state index in [2.05, 4.69) is 21.6 Å². The maximum atomic E-state index is 13.7. The molecule has 132 valence electrons. The lowest BCUT2D eigenvalue weighted by atomic mass is 9.90. The Morgan fingerprint density at radius 3 is 2.64 bits per heavy atom. The highest BCUT2D eigenvalue weighted by atomic mass is 32.2. The van der Waals surface area contributed by atoms with Crippen LogP contribution < -0.4 is 5.32 Å². The summed E-state index contributed by atoms with van der Waals surface area (Å²) in [5.74, 6) is -0.768. The Balaban J connectivity index is 2.07. The third kappa shape index (κ3) is 4.37. The summed E-state index contributed by atoms with van der Waals surface area (Å²) in [6.07, 6.45) is 0. The summed E-state index contributed by atoms with van der Waals surface area (Å²) in [5.41, 5.74) is -0.755. The molecule has 0 aliphatic heterocycles. The smallest absolute Gasteiger partial charge is 0.277 e. The number of aromatic nitrogens is 2. The molecule has 0 saturated carbocycles. The fourth-order valence-corrected chi connectivity index (χ4v) is 2.55. The Morgan fingerprint density at radius 2 is 2.04 bits per heavy atom. The predicted octanol–water partition coefficient (Wildman–Crippen LogP) is 3.41. The molecule has 8 heteroatoms. The molecule has 0 saturated heterocycles. The molecule has 1 amide bonds. The molecule has 0 spiro atoms. The van der Waals surface area contributed by atoms with Crippen molar-refractivity contribution in [3.05, 3.63) is 30.1 Å². The normalized spacial score (nSPS) is 14.6. The fraction of sp³-hybridized carbons (Fsp3) is 0.412. The fourth-order valence-electron chi connectivity index (χ4n) is 1.86. The molecule has 0 unspecified atom stereocenters. The van der Waals surface area contributed by atoms with E-state index in [4.69, 9.17) is 4.42 Å². The number of carbonyl (C=O) groups excluding carboxylic acids is 1. The van der Waals surface area contributed by atoms with Crippen LogP contribution in [0, 0.1) is 23.1 Å². The summed E-state index contributed by atoms with van der Waals surface area (Å²) in [5, 5.41) is 19.3. The van der Waals surface area contributed by atoms with Crippen molar-refractivity contribution in [2.75, 3.05) is 0 Å². The third-order valence-corrected chi connectivity index (χ3v) is 4.86. The van der Waals surface area contributed by atoms with Crippen molar-refractivity contribution < 1.29 is 13.6 Å². The van der Waals surface area contributed by atoms with E-state index in [9.17, 15) is 14.4 Å². The number of benzene rings is 1. The lowest BCUT2D eigenvalue weighted by Gasteiger charge is -2.28. The Bertz CT molecular complexity index is 802. The van der Waals surface area contributed by atoms with Gasteiger partial charge in [-0.3, -0.25) is 4.79 Å². The molecule has 1 aromatic carbocycles. The Hall–Kier alpha value is -2.40. The first-order valence-corrected chi connectivity index (χ1v) is 8.63. The number of carbonyl (C=O) groups is 1. The van der Waals surface area contributed by atoms with E-state index in [-0.39, 0.29) is 28.5 Å². The van der Waals surface area contributed by atoms with Crippen molar-refractivity contribution in [1.82, 2.24) is 15.5 Å². The Morgan fingerprint density at radius 1 is 1.36 bits per heavy atom. The van der Waals surface area contributed by atoms with Crippen LogP contribution in [0.4, 0.5) is 4.39 Å². The largest absolute Gasteiger partial charge is 0.411 e. The second-order valence-electron chi connectivity index (χ2n) is 6.07. The van der Waals surface area contributed by atoms with E-state index in [1.165, 1.54) is 12.1 Å². The summed E-state index contributed by atoms with van der Waals surface area (Å²) in [7, 11) is 0. The van der Waals surface area contributed by atoms with Crippen molar-refractivity contribution in [1.29, 1.82) is 5.26 Å². The third-order valence-electron chi connectivity index (χ3n) is 3.93. The summed E-state index contributed by atoms with van der Waals surface area (Å²) < 4.78 is 19.2. The van der Waals surface area contributed by atoms with Crippen molar-refractivity contribution in [3.63, 3.8) is 0 Å². The van der Waals surface area contributed by atoms with Gasteiger partial charge in [-0.05, 0) is 31.9 Å². The molecule has 2 atom stereocenters. The minimum absolute atomic E-state index is 0.0466. The first kappa shape index (κ1) is 18.9. The maximum Gasteiger partial charge on any atom is 0.277 e. The van der Waals surface area contributed by atoms with Crippen LogP contribution in [0.5, 0.6) is 0 Å². The summed E-state index contributed by atoms with van der Waals surface area (Å²) in [4.78, 5) is 12.3. The van der Waals surface area contributed by atoms with Gasteiger partial charge in [0.15, 0.2) is 0 Å². The van der Waals surface area contributed by atoms with Crippen LogP contribution in [-0.4, -0.2) is 26.9 Å². The number of amides is 1. The maximum absolute atomic E-state index is 13.7. The van der Waals surface area contributed by atoms with Gasteiger partial charge in [-0.1, -0.05) is 37.7 Å². The minimum atomic E-state index is -0.959. The van der Waals surface area contributed by atoms with Gasteiger partial charge in [0.05, 0.1) is 16.9 Å². The Kier molecular flexibility index (Phi) is 5.80. The molecule has 25 heavy (non-hydrogen) atoms. The SMILES string of the molecule is CC(C)[C@](C)(C#N)NC(=O)[C@@H](C)Sc1nnc(-c2ccccc2F)o1. The second-order valence-corrected chi connectivity index (χ2v) is 7.36. The first-order chi connectivity index (χ1) is 11.8. The van der Waals surface area contributed by atoms with E-state index < -0.39 is 16.6 Å². The number of nitrogens with one attached hydrogen (secondary N) is 1. The highest BCUT2D eigenvalue weighted by Crippen LogP contribution is 2.28. The average molecular weight is 362 g/mol. The van der Waals surface area contributed by atoms with Gasteiger partial charge in [-0.25, -0.2) is 4.39 Å². The van der Waals surface area contributed by atoms with E-state index in [0.717, 1.165) is 11.8 Å². The van der Waals surface area contributed by atoms with Gasteiger partial charge in [-0.15, -0.1) is 10.2 Å². The first-order valence-electron chi connectivity index (χ1n) is 7.75. The summed E-state index contributed by atoms with van der Waals surface area (Å²) >= 11 is 1.05. The molecule has 0 bridgehead atoms. The molecular weight excluding hydrogens is 343 g/mol. The Labute approximate surface area is 149 Å². The lowest BCUT2D eigenvalue weighted by molar-refractivity contribution is -0.121. The molecule has 0 radical (unpaired) electrons. The molecule has 0 aliphatic rings. The van der Waals surface area contributed by atoms with Crippen LogP contribution >= 0.6 is 11.8 Å². The van der Waals surface area contributed by atoms with Crippen LogP contribution in [-0.2, 0) is 4.79 Å².